The van der Waals surface area contributed by atoms with Crippen molar-refractivity contribution in [2.75, 3.05) is 11.9 Å². The van der Waals surface area contributed by atoms with E-state index in [0.717, 1.165) is 12.0 Å². The fraction of sp³-hybridized carbons (Fsp3) is 0.148. The maximum absolute atomic E-state index is 13.0. The molecule has 180 valence electrons. The highest BCUT2D eigenvalue weighted by Gasteiger charge is 2.12. The van der Waals surface area contributed by atoms with Crippen LogP contribution in [0.3, 0.4) is 0 Å². The van der Waals surface area contributed by atoms with E-state index in [1.807, 2.05) is 48.5 Å². The molecule has 1 N–H and O–H groups in total. The molecule has 0 saturated heterocycles. The summed E-state index contributed by atoms with van der Waals surface area (Å²) in [4.78, 5) is 31.5. The molecule has 0 fully saturated rings. The summed E-state index contributed by atoms with van der Waals surface area (Å²) in [6.07, 6.45) is 1.45. The molecule has 0 aliphatic rings. The van der Waals surface area contributed by atoms with E-state index in [0.29, 0.717) is 39.9 Å². The third-order valence-electron chi connectivity index (χ3n) is 5.22. The van der Waals surface area contributed by atoms with Crippen molar-refractivity contribution in [2.45, 2.75) is 19.4 Å². The lowest BCUT2D eigenvalue weighted by Crippen LogP contribution is -2.34. The largest absolute Gasteiger partial charge is 0.321 e. The van der Waals surface area contributed by atoms with Crippen molar-refractivity contribution in [3.8, 4) is 0 Å². The van der Waals surface area contributed by atoms with Crippen LogP contribution < -0.4 is 15.7 Å². The van der Waals surface area contributed by atoms with Gasteiger partial charge < -0.3 is 5.32 Å². The van der Waals surface area contributed by atoms with Gasteiger partial charge >= 0.3 is 0 Å². The first-order valence-electron chi connectivity index (χ1n) is 11.0. The maximum Gasteiger partial charge on any atom is 0.266 e. The summed E-state index contributed by atoms with van der Waals surface area (Å²) in [6.45, 7) is 1.00. The standard InChI is InChI=1S/C27H24ClN3O2S.BrH/c28-22-12-7-13-23(18-22)30-26(33)24-19-25(32)31(17-15-21-10-5-2-6-11-21)27(34-24)29-16-14-20-8-3-1-4-9-20;/h1-13,18-19H,14-17H2,(H,30,33);1H. The first-order chi connectivity index (χ1) is 16.6. The van der Waals surface area contributed by atoms with E-state index in [4.69, 9.17) is 16.6 Å². The van der Waals surface area contributed by atoms with Gasteiger partial charge in [-0.3, -0.25) is 19.1 Å². The van der Waals surface area contributed by atoms with Crippen LogP contribution in [0.25, 0.3) is 0 Å². The lowest BCUT2D eigenvalue weighted by atomic mass is 10.1. The average molecular weight is 571 g/mol. The SMILES string of the molecule is Br.O=C(Nc1cccc(Cl)c1)c1cc(=O)n(CCc2ccccc2)c(=NCCc2ccccc2)s1. The van der Waals surface area contributed by atoms with E-state index < -0.39 is 0 Å². The van der Waals surface area contributed by atoms with Crippen molar-refractivity contribution in [2.24, 2.45) is 4.99 Å². The number of carbonyl (C=O) groups is 1. The van der Waals surface area contributed by atoms with Crippen LogP contribution in [0.1, 0.15) is 20.8 Å². The molecule has 0 aliphatic carbocycles. The molecule has 4 aromatic rings. The van der Waals surface area contributed by atoms with Crippen LogP contribution in [-0.2, 0) is 19.4 Å². The van der Waals surface area contributed by atoms with Gasteiger partial charge in [0.05, 0.1) is 0 Å². The van der Waals surface area contributed by atoms with E-state index in [9.17, 15) is 9.59 Å². The smallest absolute Gasteiger partial charge is 0.266 e. The topological polar surface area (TPSA) is 63.5 Å². The summed E-state index contributed by atoms with van der Waals surface area (Å²) in [6, 6.07) is 28.4. The molecule has 4 rings (SSSR count). The Kier molecular flexibility index (Phi) is 10.0. The second-order valence-electron chi connectivity index (χ2n) is 7.70. The van der Waals surface area contributed by atoms with Crippen LogP contribution >= 0.6 is 39.9 Å². The van der Waals surface area contributed by atoms with E-state index >= 15 is 0 Å². The third kappa shape index (κ3) is 7.75. The molecule has 0 bridgehead atoms. The van der Waals surface area contributed by atoms with Gasteiger partial charge in [0.15, 0.2) is 4.80 Å². The monoisotopic (exact) mass is 569 g/mol. The molecule has 0 saturated carbocycles. The van der Waals surface area contributed by atoms with Crippen LogP contribution in [0, 0.1) is 0 Å². The van der Waals surface area contributed by atoms with Crippen molar-refractivity contribution in [1.82, 2.24) is 4.57 Å². The predicted octanol–water partition coefficient (Wildman–Crippen LogP) is 5.78. The number of hydrogen-bond donors (Lipinski definition) is 1. The fourth-order valence-corrected chi connectivity index (χ4v) is 4.61. The minimum atomic E-state index is -0.362. The van der Waals surface area contributed by atoms with Gasteiger partial charge in [0.1, 0.15) is 4.88 Å². The second kappa shape index (κ2) is 13.2. The van der Waals surface area contributed by atoms with E-state index in [1.54, 1.807) is 28.8 Å². The third-order valence-corrected chi connectivity index (χ3v) is 6.51. The van der Waals surface area contributed by atoms with Gasteiger partial charge in [-0.15, -0.1) is 17.0 Å². The summed E-state index contributed by atoms with van der Waals surface area (Å²) >= 11 is 7.24. The predicted molar refractivity (Wildman–Crippen MR) is 149 cm³/mol. The number of anilines is 1. The first-order valence-corrected chi connectivity index (χ1v) is 12.2. The molecule has 1 amide bonds. The molecule has 8 heteroatoms. The highest BCUT2D eigenvalue weighted by molar-refractivity contribution is 8.93. The van der Waals surface area contributed by atoms with E-state index in [-0.39, 0.29) is 28.4 Å². The highest BCUT2D eigenvalue weighted by Crippen LogP contribution is 2.16. The van der Waals surface area contributed by atoms with Crippen LogP contribution in [0.2, 0.25) is 5.02 Å². The summed E-state index contributed by atoms with van der Waals surface area (Å²) in [5, 5.41) is 3.33. The minimum Gasteiger partial charge on any atom is -0.321 e. The van der Waals surface area contributed by atoms with Crippen molar-refractivity contribution >= 4 is 51.5 Å². The molecule has 0 radical (unpaired) electrons. The molecule has 0 atom stereocenters. The summed E-state index contributed by atoms with van der Waals surface area (Å²) in [7, 11) is 0. The number of carbonyl (C=O) groups excluding carboxylic acids is 1. The van der Waals surface area contributed by atoms with Crippen molar-refractivity contribution < 1.29 is 4.79 Å². The van der Waals surface area contributed by atoms with Crippen LogP contribution in [0.15, 0.2) is 101 Å². The number of nitrogens with one attached hydrogen (secondary N) is 1. The molecule has 3 aromatic carbocycles. The Morgan fingerprint density at radius 1 is 0.886 bits per heavy atom. The zero-order valence-corrected chi connectivity index (χ0v) is 22.2. The summed E-state index contributed by atoms with van der Waals surface area (Å²) in [5.74, 6) is -0.362. The van der Waals surface area contributed by atoms with Gasteiger partial charge in [-0.2, -0.15) is 0 Å². The molecular formula is C27H25BrClN3O2S. The normalized spacial score (nSPS) is 11.1. The number of hydrogen-bond acceptors (Lipinski definition) is 4. The average Bonchev–Trinajstić information content (AvgIpc) is 2.84. The van der Waals surface area contributed by atoms with Gasteiger partial charge in [-0.1, -0.05) is 89.7 Å². The number of nitrogens with zero attached hydrogens (tertiary/aromatic N) is 2. The highest BCUT2D eigenvalue weighted by atomic mass is 79.9. The van der Waals surface area contributed by atoms with Crippen LogP contribution in [0.5, 0.6) is 0 Å². The van der Waals surface area contributed by atoms with Gasteiger partial charge in [-0.25, -0.2) is 0 Å². The molecule has 35 heavy (non-hydrogen) atoms. The van der Waals surface area contributed by atoms with Gasteiger partial charge in [0.2, 0.25) is 0 Å². The summed E-state index contributed by atoms with van der Waals surface area (Å²) < 4.78 is 1.65. The fourth-order valence-electron chi connectivity index (χ4n) is 3.47. The Labute approximate surface area is 223 Å². The van der Waals surface area contributed by atoms with Crippen molar-refractivity contribution in [3.05, 3.63) is 127 Å². The number of aryl methyl sites for hydroxylation is 1. The Morgan fingerprint density at radius 3 is 2.20 bits per heavy atom. The number of benzene rings is 3. The zero-order valence-electron chi connectivity index (χ0n) is 18.9. The quantitative estimate of drug-likeness (QED) is 0.292. The molecule has 0 spiro atoms. The molecule has 0 aliphatic heterocycles. The second-order valence-corrected chi connectivity index (χ2v) is 9.15. The molecular weight excluding hydrogens is 546 g/mol. The number of rotatable bonds is 8. The van der Waals surface area contributed by atoms with Gasteiger partial charge in [0, 0.05) is 29.9 Å². The molecule has 1 aromatic heterocycles. The Hall–Kier alpha value is -3.00. The van der Waals surface area contributed by atoms with E-state index in [2.05, 4.69) is 17.4 Å². The van der Waals surface area contributed by atoms with Crippen LogP contribution in [-0.4, -0.2) is 17.0 Å². The van der Waals surface area contributed by atoms with Crippen molar-refractivity contribution in [1.29, 1.82) is 0 Å². The van der Waals surface area contributed by atoms with Gasteiger partial charge in [-0.05, 0) is 42.2 Å². The van der Waals surface area contributed by atoms with E-state index in [1.165, 1.54) is 23.0 Å². The zero-order chi connectivity index (χ0) is 23.8. The molecule has 5 nitrogen and oxygen atoms in total. The van der Waals surface area contributed by atoms with Crippen molar-refractivity contribution in [3.63, 3.8) is 0 Å². The molecule has 1 heterocycles. The lowest BCUT2D eigenvalue weighted by Gasteiger charge is -2.09. The van der Waals surface area contributed by atoms with Crippen LogP contribution in [0.4, 0.5) is 5.69 Å². The Balaban J connectivity index is 0.00000342. The number of halogens is 2. The maximum atomic E-state index is 13.0. The first kappa shape index (κ1) is 26.6. The lowest BCUT2D eigenvalue weighted by molar-refractivity contribution is 0.103. The minimum absolute atomic E-state index is 0. The van der Waals surface area contributed by atoms with Gasteiger partial charge in [0.25, 0.3) is 11.5 Å². The Morgan fingerprint density at radius 2 is 1.54 bits per heavy atom. The number of aromatic nitrogens is 1. The number of amides is 1. The Bertz CT molecular complexity index is 1390. The molecule has 0 unspecified atom stereocenters. The summed E-state index contributed by atoms with van der Waals surface area (Å²) in [5.41, 5.74) is 2.63.